The SMILES string of the molecule is CNC(C)(CO)CCOC1CCCC(OC)C1. The van der Waals surface area contributed by atoms with Crippen LogP contribution in [0.4, 0.5) is 0 Å². The van der Waals surface area contributed by atoms with Crippen LogP contribution in [0.3, 0.4) is 0 Å². The minimum Gasteiger partial charge on any atom is -0.394 e. The van der Waals surface area contributed by atoms with Gasteiger partial charge in [-0.05, 0) is 46.1 Å². The van der Waals surface area contributed by atoms with Crippen molar-refractivity contribution in [3.05, 3.63) is 0 Å². The molecule has 0 amide bonds. The van der Waals surface area contributed by atoms with Gasteiger partial charge in [0.2, 0.25) is 0 Å². The van der Waals surface area contributed by atoms with E-state index >= 15 is 0 Å². The molecule has 0 heterocycles. The van der Waals surface area contributed by atoms with Gasteiger partial charge in [0.05, 0.1) is 18.8 Å². The number of rotatable bonds is 7. The molecule has 0 bridgehead atoms. The number of likely N-dealkylation sites (N-methyl/N-ethyl adjacent to an activating group) is 1. The summed E-state index contributed by atoms with van der Waals surface area (Å²) in [6, 6.07) is 0. The van der Waals surface area contributed by atoms with Crippen molar-refractivity contribution in [3.63, 3.8) is 0 Å². The van der Waals surface area contributed by atoms with Gasteiger partial charge in [0.15, 0.2) is 0 Å². The molecular weight excluding hydrogens is 218 g/mol. The largest absolute Gasteiger partial charge is 0.394 e. The first-order chi connectivity index (χ1) is 8.13. The van der Waals surface area contributed by atoms with E-state index in [1.807, 2.05) is 14.0 Å². The summed E-state index contributed by atoms with van der Waals surface area (Å²) in [7, 11) is 3.65. The second-order valence-electron chi connectivity index (χ2n) is 5.24. The second-order valence-corrected chi connectivity index (χ2v) is 5.24. The average Bonchev–Trinajstić information content (AvgIpc) is 2.39. The van der Waals surface area contributed by atoms with E-state index in [1.54, 1.807) is 7.11 Å². The fourth-order valence-electron chi connectivity index (χ4n) is 2.20. The van der Waals surface area contributed by atoms with E-state index in [9.17, 15) is 5.11 Å². The van der Waals surface area contributed by atoms with Crippen LogP contribution in [0, 0.1) is 0 Å². The minimum absolute atomic E-state index is 0.137. The Balaban J connectivity index is 2.21. The van der Waals surface area contributed by atoms with Gasteiger partial charge in [-0.3, -0.25) is 0 Å². The van der Waals surface area contributed by atoms with Crippen LogP contribution in [0.15, 0.2) is 0 Å². The quantitative estimate of drug-likeness (QED) is 0.710. The maximum Gasteiger partial charge on any atom is 0.0611 e. The molecule has 2 N–H and O–H groups in total. The fourth-order valence-corrected chi connectivity index (χ4v) is 2.20. The highest BCUT2D eigenvalue weighted by atomic mass is 16.5. The van der Waals surface area contributed by atoms with Crippen molar-refractivity contribution in [2.24, 2.45) is 0 Å². The van der Waals surface area contributed by atoms with Gasteiger partial charge in [0, 0.05) is 19.3 Å². The van der Waals surface area contributed by atoms with Gasteiger partial charge in [-0.1, -0.05) is 0 Å². The molecule has 17 heavy (non-hydrogen) atoms. The van der Waals surface area contributed by atoms with Crippen LogP contribution in [0.25, 0.3) is 0 Å². The normalized spacial score (nSPS) is 28.9. The third kappa shape index (κ3) is 4.92. The molecule has 102 valence electrons. The Kier molecular flexibility index (Phi) is 6.41. The molecule has 1 rings (SSSR count). The molecule has 1 aliphatic carbocycles. The van der Waals surface area contributed by atoms with Crippen molar-refractivity contribution in [1.82, 2.24) is 5.32 Å². The van der Waals surface area contributed by atoms with E-state index in [0.29, 0.717) is 18.8 Å². The van der Waals surface area contributed by atoms with Gasteiger partial charge in [-0.25, -0.2) is 0 Å². The highest BCUT2D eigenvalue weighted by molar-refractivity contribution is 4.80. The lowest BCUT2D eigenvalue weighted by Crippen LogP contribution is -2.44. The van der Waals surface area contributed by atoms with Crippen molar-refractivity contribution in [3.8, 4) is 0 Å². The van der Waals surface area contributed by atoms with Crippen molar-refractivity contribution >= 4 is 0 Å². The van der Waals surface area contributed by atoms with Crippen LogP contribution in [-0.2, 0) is 9.47 Å². The molecule has 4 heteroatoms. The zero-order chi connectivity index (χ0) is 12.7. The van der Waals surface area contributed by atoms with E-state index < -0.39 is 0 Å². The maximum absolute atomic E-state index is 9.26. The van der Waals surface area contributed by atoms with E-state index in [4.69, 9.17) is 9.47 Å². The molecule has 1 aliphatic rings. The van der Waals surface area contributed by atoms with Gasteiger partial charge in [0.1, 0.15) is 0 Å². The van der Waals surface area contributed by atoms with E-state index in [0.717, 1.165) is 25.7 Å². The lowest BCUT2D eigenvalue weighted by molar-refractivity contribution is -0.0360. The summed E-state index contributed by atoms with van der Waals surface area (Å²) in [5.41, 5.74) is -0.227. The number of hydrogen-bond donors (Lipinski definition) is 2. The zero-order valence-electron chi connectivity index (χ0n) is 11.4. The Morgan fingerprint density at radius 2 is 2.06 bits per heavy atom. The third-order valence-electron chi connectivity index (χ3n) is 3.87. The van der Waals surface area contributed by atoms with Gasteiger partial charge in [0.25, 0.3) is 0 Å². The molecule has 0 radical (unpaired) electrons. The number of aliphatic hydroxyl groups is 1. The van der Waals surface area contributed by atoms with Crippen LogP contribution < -0.4 is 5.32 Å². The smallest absolute Gasteiger partial charge is 0.0611 e. The van der Waals surface area contributed by atoms with E-state index in [2.05, 4.69) is 5.32 Å². The first kappa shape index (κ1) is 14.9. The summed E-state index contributed by atoms with van der Waals surface area (Å²) in [6.45, 7) is 2.84. The standard InChI is InChI=1S/C13H27NO3/c1-13(10-15,14-2)7-8-17-12-6-4-5-11(9-12)16-3/h11-12,14-15H,4-10H2,1-3H3. The van der Waals surface area contributed by atoms with Crippen LogP contribution in [0.2, 0.25) is 0 Å². The van der Waals surface area contributed by atoms with Crippen molar-refractivity contribution in [1.29, 1.82) is 0 Å². The van der Waals surface area contributed by atoms with E-state index in [1.165, 1.54) is 6.42 Å². The average molecular weight is 245 g/mol. The molecule has 3 atom stereocenters. The number of aliphatic hydroxyl groups excluding tert-OH is 1. The number of nitrogens with one attached hydrogen (secondary N) is 1. The molecule has 1 fully saturated rings. The van der Waals surface area contributed by atoms with Gasteiger partial charge < -0.3 is 19.9 Å². The lowest BCUT2D eigenvalue weighted by atomic mass is 9.94. The Morgan fingerprint density at radius 3 is 2.65 bits per heavy atom. The Labute approximate surface area is 105 Å². The highest BCUT2D eigenvalue weighted by Crippen LogP contribution is 2.23. The van der Waals surface area contributed by atoms with Crippen molar-refractivity contribution in [2.75, 3.05) is 27.4 Å². The Hall–Kier alpha value is -0.160. The predicted octanol–water partition coefficient (Wildman–Crippen LogP) is 1.32. The molecule has 0 aliphatic heterocycles. The van der Waals surface area contributed by atoms with Gasteiger partial charge >= 0.3 is 0 Å². The molecule has 0 aromatic rings. The molecule has 3 unspecified atom stereocenters. The first-order valence-corrected chi connectivity index (χ1v) is 6.57. The molecule has 1 saturated carbocycles. The molecule has 0 aromatic heterocycles. The number of hydrogen-bond acceptors (Lipinski definition) is 4. The van der Waals surface area contributed by atoms with Gasteiger partial charge in [-0.2, -0.15) is 0 Å². The molecule has 0 saturated heterocycles. The molecule has 0 spiro atoms. The highest BCUT2D eigenvalue weighted by Gasteiger charge is 2.24. The zero-order valence-corrected chi connectivity index (χ0v) is 11.4. The predicted molar refractivity (Wildman–Crippen MR) is 68.2 cm³/mol. The molecule has 4 nitrogen and oxygen atoms in total. The Morgan fingerprint density at radius 1 is 1.35 bits per heavy atom. The van der Waals surface area contributed by atoms with Gasteiger partial charge in [-0.15, -0.1) is 0 Å². The third-order valence-corrected chi connectivity index (χ3v) is 3.87. The first-order valence-electron chi connectivity index (χ1n) is 6.57. The van der Waals surface area contributed by atoms with Crippen molar-refractivity contribution in [2.45, 2.75) is 56.8 Å². The topological polar surface area (TPSA) is 50.7 Å². The summed E-state index contributed by atoms with van der Waals surface area (Å²) in [5.74, 6) is 0. The summed E-state index contributed by atoms with van der Waals surface area (Å²) >= 11 is 0. The molecule has 0 aromatic carbocycles. The van der Waals surface area contributed by atoms with Crippen LogP contribution in [-0.4, -0.2) is 50.2 Å². The van der Waals surface area contributed by atoms with Crippen LogP contribution in [0.1, 0.15) is 39.0 Å². The number of ether oxygens (including phenoxy) is 2. The summed E-state index contributed by atoms with van der Waals surface area (Å²) in [6.07, 6.45) is 6.00. The fraction of sp³-hybridized carbons (Fsp3) is 1.00. The summed E-state index contributed by atoms with van der Waals surface area (Å²) in [5, 5.41) is 12.4. The summed E-state index contributed by atoms with van der Waals surface area (Å²) in [4.78, 5) is 0. The molecular formula is C13H27NO3. The monoisotopic (exact) mass is 245 g/mol. The van der Waals surface area contributed by atoms with E-state index in [-0.39, 0.29) is 12.1 Å². The van der Waals surface area contributed by atoms with Crippen LogP contribution in [0.5, 0.6) is 0 Å². The number of methoxy groups -OCH3 is 1. The maximum atomic E-state index is 9.26. The summed E-state index contributed by atoms with van der Waals surface area (Å²) < 4.78 is 11.3. The lowest BCUT2D eigenvalue weighted by Gasteiger charge is -2.31. The van der Waals surface area contributed by atoms with Crippen LogP contribution >= 0.6 is 0 Å². The second kappa shape index (κ2) is 7.31. The van der Waals surface area contributed by atoms with Crippen molar-refractivity contribution < 1.29 is 14.6 Å². The minimum atomic E-state index is -0.227. The Bertz CT molecular complexity index is 207.